The number of benzene rings is 2. The van der Waals surface area contributed by atoms with Crippen LogP contribution in [0.15, 0.2) is 42.5 Å². The van der Waals surface area contributed by atoms with E-state index in [1.165, 1.54) is 6.07 Å². The number of nitrogens with two attached hydrogens (primary N) is 1. The van der Waals surface area contributed by atoms with Crippen LogP contribution < -0.4 is 11.1 Å². The van der Waals surface area contributed by atoms with Gasteiger partial charge in [-0.25, -0.2) is 0 Å². The molecule has 6 heteroatoms. The first-order valence-electron chi connectivity index (χ1n) is 5.13. The number of nitrogens with zero attached hydrogens (tertiary/aromatic N) is 1. The van der Waals surface area contributed by atoms with Crippen LogP contribution >= 0.6 is 11.6 Å². The zero-order chi connectivity index (χ0) is 13.1. The van der Waals surface area contributed by atoms with Gasteiger partial charge in [-0.2, -0.15) is 0 Å². The van der Waals surface area contributed by atoms with Crippen molar-refractivity contribution in [2.45, 2.75) is 0 Å². The largest absolute Gasteiger partial charge is 0.399 e. The zero-order valence-corrected chi connectivity index (χ0v) is 10.0. The van der Waals surface area contributed by atoms with Gasteiger partial charge in [-0.15, -0.1) is 0 Å². The second-order valence-electron chi connectivity index (χ2n) is 3.67. The first kappa shape index (κ1) is 12.2. The quantitative estimate of drug-likeness (QED) is 0.504. The van der Waals surface area contributed by atoms with E-state index in [1.807, 2.05) is 0 Å². The Morgan fingerprint density at radius 1 is 1.17 bits per heavy atom. The number of anilines is 3. The summed E-state index contributed by atoms with van der Waals surface area (Å²) in [6, 6.07) is 11.4. The minimum absolute atomic E-state index is 0.0701. The van der Waals surface area contributed by atoms with E-state index in [0.29, 0.717) is 16.4 Å². The molecule has 0 unspecified atom stereocenters. The third kappa shape index (κ3) is 2.70. The van der Waals surface area contributed by atoms with Crippen molar-refractivity contribution >= 4 is 34.4 Å². The van der Waals surface area contributed by atoms with Crippen LogP contribution in [0.1, 0.15) is 0 Å². The van der Waals surface area contributed by atoms with Crippen molar-refractivity contribution in [3.8, 4) is 0 Å². The lowest BCUT2D eigenvalue weighted by Crippen LogP contribution is -1.97. The summed E-state index contributed by atoms with van der Waals surface area (Å²) >= 11 is 5.74. The van der Waals surface area contributed by atoms with Gasteiger partial charge in [-0.1, -0.05) is 11.6 Å². The van der Waals surface area contributed by atoms with Gasteiger partial charge < -0.3 is 11.1 Å². The Kier molecular flexibility index (Phi) is 3.34. The Labute approximate surface area is 108 Å². The van der Waals surface area contributed by atoms with Gasteiger partial charge in [0.05, 0.1) is 4.92 Å². The van der Waals surface area contributed by atoms with Gasteiger partial charge in [0.25, 0.3) is 5.69 Å². The fraction of sp³-hybridized carbons (Fsp3) is 0. The summed E-state index contributed by atoms with van der Waals surface area (Å²) in [4.78, 5) is 10.4. The van der Waals surface area contributed by atoms with Gasteiger partial charge in [-0.05, 0) is 36.4 Å². The SMILES string of the molecule is Nc1ccc(Nc2ccc(Cl)cc2[N+](=O)[O-])cc1. The topological polar surface area (TPSA) is 81.2 Å². The van der Waals surface area contributed by atoms with Gasteiger partial charge in [0.2, 0.25) is 0 Å². The molecular formula is C12H10ClN3O2. The molecule has 0 saturated carbocycles. The number of nitro groups is 1. The monoisotopic (exact) mass is 263 g/mol. The van der Waals surface area contributed by atoms with Crippen molar-refractivity contribution < 1.29 is 4.92 Å². The summed E-state index contributed by atoms with van der Waals surface area (Å²) in [5.41, 5.74) is 7.23. The van der Waals surface area contributed by atoms with E-state index in [0.717, 1.165) is 5.69 Å². The third-order valence-corrected chi connectivity index (χ3v) is 2.58. The summed E-state index contributed by atoms with van der Waals surface area (Å²) in [5.74, 6) is 0. The third-order valence-electron chi connectivity index (χ3n) is 2.35. The second-order valence-corrected chi connectivity index (χ2v) is 4.10. The Hall–Kier alpha value is -2.27. The molecule has 3 N–H and O–H groups in total. The molecule has 0 aliphatic carbocycles. The summed E-state index contributed by atoms with van der Waals surface area (Å²) in [6.07, 6.45) is 0. The minimum Gasteiger partial charge on any atom is -0.399 e. The zero-order valence-electron chi connectivity index (χ0n) is 9.26. The normalized spacial score (nSPS) is 10.1. The highest BCUT2D eigenvalue weighted by atomic mass is 35.5. The lowest BCUT2D eigenvalue weighted by molar-refractivity contribution is -0.383. The van der Waals surface area contributed by atoms with Crippen molar-refractivity contribution in [3.63, 3.8) is 0 Å². The molecule has 0 bridgehead atoms. The van der Waals surface area contributed by atoms with Gasteiger partial charge in [0.15, 0.2) is 0 Å². The lowest BCUT2D eigenvalue weighted by atomic mass is 10.2. The standard InChI is InChI=1S/C12H10ClN3O2/c13-8-1-6-11(12(7-8)16(17)18)15-10-4-2-9(14)3-5-10/h1-7,15H,14H2. The minimum atomic E-state index is -0.481. The maximum atomic E-state index is 10.9. The van der Waals surface area contributed by atoms with E-state index in [4.69, 9.17) is 17.3 Å². The van der Waals surface area contributed by atoms with Gasteiger partial charge >= 0.3 is 0 Å². The van der Waals surface area contributed by atoms with E-state index in [9.17, 15) is 10.1 Å². The number of nitrogens with one attached hydrogen (secondary N) is 1. The number of hydrogen-bond acceptors (Lipinski definition) is 4. The molecule has 0 aromatic heterocycles. The number of halogens is 1. The first-order chi connectivity index (χ1) is 8.56. The smallest absolute Gasteiger partial charge is 0.294 e. The molecule has 5 nitrogen and oxygen atoms in total. The Morgan fingerprint density at radius 2 is 1.83 bits per heavy atom. The molecule has 0 amide bonds. The summed E-state index contributed by atoms with van der Waals surface area (Å²) < 4.78 is 0. The molecule has 2 aromatic rings. The van der Waals surface area contributed by atoms with Gasteiger partial charge in [0.1, 0.15) is 5.69 Å². The molecule has 0 radical (unpaired) electrons. The predicted octanol–water partition coefficient (Wildman–Crippen LogP) is 3.57. The summed E-state index contributed by atoms with van der Waals surface area (Å²) in [7, 11) is 0. The van der Waals surface area contributed by atoms with Crippen LogP contribution in [0, 0.1) is 10.1 Å². The molecule has 2 aromatic carbocycles. The fourth-order valence-electron chi connectivity index (χ4n) is 1.48. The van der Waals surface area contributed by atoms with Crippen LogP contribution in [0.5, 0.6) is 0 Å². The average Bonchev–Trinajstić information content (AvgIpc) is 2.34. The first-order valence-corrected chi connectivity index (χ1v) is 5.50. The number of rotatable bonds is 3. The molecule has 0 fully saturated rings. The molecule has 0 heterocycles. The molecule has 0 aliphatic heterocycles. The Morgan fingerprint density at radius 3 is 2.44 bits per heavy atom. The Balaban J connectivity index is 2.34. The van der Waals surface area contributed by atoms with Crippen molar-refractivity contribution in [2.75, 3.05) is 11.1 Å². The van der Waals surface area contributed by atoms with Crippen molar-refractivity contribution in [2.24, 2.45) is 0 Å². The van der Waals surface area contributed by atoms with Crippen LogP contribution in [-0.2, 0) is 0 Å². The van der Waals surface area contributed by atoms with Crippen molar-refractivity contribution in [3.05, 3.63) is 57.6 Å². The lowest BCUT2D eigenvalue weighted by Gasteiger charge is -2.07. The number of nitro benzene ring substituents is 1. The van der Waals surface area contributed by atoms with Crippen LogP contribution in [0.3, 0.4) is 0 Å². The van der Waals surface area contributed by atoms with Crippen LogP contribution in [0.4, 0.5) is 22.7 Å². The number of nitrogen functional groups attached to an aromatic ring is 1. The molecule has 0 aliphatic rings. The van der Waals surface area contributed by atoms with Crippen molar-refractivity contribution in [1.29, 1.82) is 0 Å². The highest BCUT2D eigenvalue weighted by Gasteiger charge is 2.14. The molecule has 18 heavy (non-hydrogen) atoms. The molecule has 0 atom stereocenters. The van der Waals surface area contributed by atoms with Crippen molar-refractivity contribution in [1.82, 2.24) is 0 Å². The Bertz CT molecular complexity index is 584. The molecule has 0 spiro atoms. The van der Waals surface area contributed by atoms with E-state index >= 15 is 0 Å². The highest BCUT2D eigenvalue weighted by molar-refractivity contribution is 6.30. The van der Waals surface area contributed by atoms with Crippen LogP contribution in [0.25, 0.3) is 0 Å². The molecular weight excluding hydrogens is 254 g/mol. The molecule has 92 valence electrons. The van der Waals surface area contributed by atoms with Crippen LogP contribution in [-0.4, -0.2) is 4.92 Å². The van der Waals surface area contributed by atoms with Gasteiger partial charge in [-0.3, -0.25) is 10.1 Å². The highest BCUT2D eigenvalue weighted by Crippen LogP contribution is 2.30. The van der Waals surface area contributed by atoms with E-state index in [2.05, 4.69) is 5.32 Å². The van der Waals surface area contributed by atoms with E-state index in [-0.39, 0.29) is 5.69 Å². The second kappa shape index (κ2) is 4.93. The molecule has 2 rings (SSSR count). The average molecular weight is 264 g/mol. The molecule has 0 saturated heterocycles. The summed E-state index contributed by atoms with van der Waals surface area (Å²) in [5, 5.41) is 14.2. The van der Waals surface area contributed by atoms with E-state index < -0.39 is 4.92 Å². The maximum Gasteiger partial charge on any atom is 0.294 e. The predicted molar refractivity (Wildman–Crippen MR) is 72.2 cm³/mol. The van der Waals surface area contributed by atoms with Gasteiger partial charge in [0, 0.05) is 22.5 Å². The maximum absolute atomic E-state index is 10.9. The van der Waals surface area contributed by atoms with Crippen LogP contribution in [0.2, 0.25) is 5.02 Å². The summed E-state index contributed by atoms with van der Waals surface area (Å²) in [6.45, 7) is 0. The van der Waals surface area contributed by atoms with E-state index in [1.54, 1.807) is 36.4 Å². The fourth-order valence-corrected chi connectivity index (χ4v) is 1.65. The number of hydrogen-bond donors (Lipinski definition) is 2.